The molecule has 1 aromatic heterocycles. The molecular formula is C17H15Cl2NO3. The van der Waals surface area contributed by atoms with Crippen LogP contribution in [0.15, 0.2) is 47.1 Å². The van der Waals surface area contributed by atoms with Crippen molar-refractivity contribution in [1.29, 1.82) is 0 Å². The van der Waals surface area contributed by atoms with Crippen LogP contribution < -0.4 is 0 Å². The Labute approximate surface area is 144 Å². The van der Waals surface area contributed by atoms with E-state index in [-0.39, 0.29) is 12.0 Å². The van der Waals surface area contributed by atoms with Crippen LogP contribution in [-0.4, -0.2) is 30.5 Å². The van der Waals surface area contributed by atoms with Gasteiger partial charge in [-0.25, -0.2) is 0 Å². The first-order valence-corrected chi connectivity index (χ1v) is 7.95. The van der Waals surface area contributed by atoms with Crippen molar-refractivity contribution >= 4 is 35.2 Å². The topological polar surface area (TPSA) is 42.7 Å². The Hall–Kier alpha value is -1.75. The summed E-state index contributed by atoms with van der Waals surface area (Å²) in [7, 11) is 0. The van der Waals surface area contributed by atoms with Gasteiger partial charge < -0.3 is 14.1 Å². The Balaban J connectivity index is 1.69. The predicted molar refractivity (Wildman–Crippen MR) is 89.5 cm³/mol. The number of benzene rings is 1. The van der Waals surface area contributed by atoms with Crippen LogP contribution in [0.4, 0.5) is 0 Å². The van der Waals surface area contributed by atoms with E-state index in [1.54, 1.807) is 35.4 Å². The fourth-order valence-electron chi connectivity index (χ4n) is 2.46. The molecule has 0 spiro atoms. The number of nitrogens with zero attached hydrogens (tertiary/aromatic N) is 1. The molecule has 1 aromatic carbocycles. The third kappa shape index (κ3) is 4.16. The third-order valence-corrected chi connectivity index (χ3v) is 4.00. The van der Waals surface area contributed by atoms with Gasteiger partial charge in [-0.1, -0.05) is 23.2 Å². The zero-order valence-electron chi connectivity index (χ0n) is 12.2. The Morgan fingerprint density at radius 3 is 2.74 bits per heavy atom. The largest absolute Gasteiger partial charge is 0.465 e. The molecule has 0 radical (unpaired) electrons. The number of carbonyl (C=O) groups is 1. The zero-order chi connectivity index (χ0) is 16.2. The first kappa shape index (κ1) is 16.1. The minimum absolute atomic E-state index is 0.0807. The van der Waals surface area contributed by atoms with Crippen molar-refractivity contribution in [2.75, 3.05) is 19.7 Å². The van der Waals surface area contributed by atoms with Crippen molar-refractivity contribution in [3.8, 4) is 0 Å². The number of hydrogen-bond donors (Lipinski definition) is 0. The summed E-state index contributed by atoms with van der Waals surface area (Å²) >= 11 is 12.1. The maximum absolute atomic E-state index is 12.3. The minimum Gasteiger partial charge on any atom is -0.465 e. The van der Waals surface area contributed by atoms with Crippen LogP contribution in [0.3, 0.4) is 0 Å². The highest BCUT2D eigenvalue weighted by Gasteiger charge is 2.24. The molecule has 1 aliphatic heterocycles. The van der Waals surface area contributed by atoms with Crippen LogP contribution in [0.1, 0.15) is 17.4 Å². The van der Waals surface area contributed by atoms with Gasteiger partial charge in [-0.2, -0.15) is 0 Å². The second-order valence-electron chi connectivity index (χ2n) is 5.20. The number of ether oxygens (including phenoxy) is 1. The molecule has 2 aromatic rings. The van der Waals surface area contributed by atoms with Crippen LogP contribution in [-0.2, 0) is 9.53 Å². The summed E-state index contributed by atoms with van der Waals surface area (Å²) < 4.78 is 10.9. The average Bonchev–Trinajstić information content (AvgIpc) is 3.05. The van der Waals surface area contributed by atoms with Gasteiger partial charge in [0.15, 0.2) is 0 Å². The third-order valence-electron chi connectivity index (χ3n) is 3.57. The van der Waals surface area contributed by atoms with E-state index in [1.807, 2.05) is 12.1 Å². The lowest BCUT2D eigenvalue weighted by Gasteiger charge is -2.32. The van der Waals surface area contributed by atoms with E-state index in [4.69, 9.17) is 32.4 Å². The predicted octanol–water partition coefficient (Wildman–Crippen LogP) is 4.20. The van der Waals surface area contributed by atoms with Gasteiger partial charge in [-0.05, 0) is 42.0 Å². The standard InChI is InChI=1S/C17H15Cl2NO3/c18-13-8-12(9-14(19)10-13)16-11-20(5-7-23-16)17(21)4-3-15-2-1-6-22-15/h1-4,6,8-10,16H,5,7,11H2/b4-3+. The highest BCUT2D eigenvalue weighted by Crippen LogP contribution is 2.28. The van der Waals surface area contributed by atoms with Crippen LogP contribution in [0.2, 0.25) is 10.0 Å². The summed E-state index contributed by atoms with van der Waals surface area (Å²) in [6.45, 7) is 1.47. The van der Waals surface area contributed by atoms with Gasteiger partial charge in [0.05, 0.1) is 19.4 Å². The molecule has 0 saturated carbocycles. The number of hydrogen-bond acceptors (Lipinski definition) is 3. The summed E-state index contributed by atoms with van der Waals surface area (Å²) in [5, 5.41) is 1.11. The minimum atomic E-state index is -0.235. The number of amides is 1. The quantitative estimate of drug-likeness (QED) is 0.778. The highest BCUT2D eigenvalue weighted by atomic mass is 35.5. The Bertz CT molecular complexity index is 692. The van der Waals surface area contributed by atoms with E-state index in [0.717, 1.165) is 5.56 Å². The molecule has 3 rings (SSSR count). The van der Waals surface area contributed by atoms with E-state index in [1.165, 1.54) is 6.08 Å². The van der Waals surface area contributed by atoms with Gasteiger partial charge in [0.2, 0.25) is 5.91 Å². The van der Waals surface area contributed by atoms with Crippen molar-refractivity contribution in [3.63, 3.8) is 0 Å². The molecule has 2 heterocycles. The molecule has 1 aliphatic rings. The Morgan fingerprint density at radius 2 is 2.04 bits per heavy atom. The van der Waals surface area contributed by atoms with E-state index < -0.39 is 0 Å². The number of carbonyl (C=O) groups excluding carboxylic acids is 1. The molecule has 1 unspecified atom stereocenters. The van der Waals surface area contributed by atoms with Gasteiger partial charge in [0, 0.05) is 22.7 Å². The van der Waals surface area contributed by atoms with Crippen molar-refractivity contribution in [3.05, 3.63) is 64.0 Å². The van der Waals surface area contributed by atoms with Gasteiger partial charge in [0.1, 0.15) is 11.9 Å². The highest BCUT2D eigenvalue weighted by molar-refractivity contribution is 6.34. The molecule has 4 nitrogen and oxygen atoms in total. The maximum Gasteiger partial charge on any atom is 0.246 e. The Morgan fingerprint density at radius 1 is 1.26 bits per heavy atom. The second-order valence-corrected chi connectivity index (χ2v) is 6.07. The molecular weight excluding hydrogens is 337 g/mol. The monoisotopic (exact) mass is 351 g/mol. The van der Waals surface area contributed by atoms with Crippen molar-refractivity contribution in [2.24, 2.45) is 0 Å². The molecule has 1 amide bonds. The lowest BCUT2D eigenvalue weighted by atomic mass is 10.1. The molecule has 1 saturated heterocycles. The van der Waals surface area contributed by atoms with Crippen LogP contribution in [0, 0.1) is 0 Å². The SMILES string of the molecule is O=C(/C=C/c1ccco1)N1CCOC(c2cc(Cl)cc(Cl)c2)C1. The first-order valence-electron chi connectivity index (χ1n) is 7.20. The molecule has 0 bridgehead atoms. The van der Waals surface area contributed by atoms with Gasteiger partial charge in [-0.3, -0.25) is 4.79 Å². The van der Waals surface area contributed by atoms with Gasteiger partial charge in [-0.15, -0.1) is 0 Å². The summed E-state index contributed by atoms with van der Waals surface area (Å²) in [5.41, 5.74) is 0.870. The molecule has 23 heavy (non-hydrogen) atoms. The molecule has 0 aliphatic carbocycles. The molecule has 6 heteroatoms. The van der Waals surface area contributed by atoms with Gasteiger partial charge >= 0.3 is 0 Å². The molecule has 0 N–H and O–H groups in total. The van der Waals surface area contributed by atoms with Crippen molar-refractivity contribution in [1.82, 2.24) is 4.90 Å². The van der Waals surface area contributed by atoms with Crippen molar-refractivity contribution in [2.45, 2.75) is 6.10 Å². The molecule has 1 atom stereocenters. The molecule has 120 valence electrons. The fraction of sp³-hybridized carbons (Fsp3) is 0.235. The normalized spacial score (nSPS) is 18.5. The van der Waals surface area contributed by atoms with E-state index in [9.17, 15) is 4.79 Å². The van der Waals surface area contributed by atoms with E-state index in [2.05, 4.69) is 0 Å². The van der Waals surface area contributed by atoms with Crippen LogP contribution in [0.25, 0.3) is 6.08 Å². The van der Waals surface area contributed by atoms with Gasteiger partial charge in [0.25, 0.3) is 0 Å². The molecule has 1 fully saturated rings. The van der Waals surface area contributed by atoms with E-state index >= 15 is 0 Å². The van der Waals surface area contributed by atoms with Crippen molar-refractivity contribution < 1.29 is 13.9 Å². The number of rotatable bonds is 3. The number of halogens is 2. The zero-order valence-corrected chi connectivity index (χ0v) is 13.8. The first-order chi connectivity index (χ1) is 11.1. The summed E-state index contributed by atoms with van der Waals surface area (Å²) in [5.74, 6) is 0.563. The van der Waals surface area contributed by atoms with Crippen LogP contribution in [0.5, 0.6) is 0 Å². The lowest BCUT2D eigenvalue weighted by Crippen LogP contribution is -2.41. The maximum atomic E-state index is 12.3. The fourth-order valence-corrected chi connectivity index (χ4v) is 3.00. The number of furan rings is 1. The summed E-state index contributed by atoms with van der Waals surface area (Å²) in [6, 6.07) is 8.86. The number of morpholine rings is 1. The van der Waals surface area contributed by atoms with E-state index in [0.29, 0.717) is 35.5 Å². The average molecular weight is 352 g/mol. The summed E-state index contributed by atoms with van der Waals surface area (Å²) in [4.78, 5) is 14.0. The summed E-state index contributed by atoms with van der Waals surface area (Å²) in [6.07, 6.45) is 4.49. The van der Waals surface area contributed by atoms with Crippen LogP contribution >= 0.6 is 23.2 Å². The Kier molecular flexibility index (Phi) is 5.06. The smallest absolute Gasteiger partial charge is 0.246 e. The second kappa shape index (κ2) is 7.21. The lowest BCUT2D eigenvalue weighted by molar-refractivity contribution is -0.133.